The first-order valence-electron chi connectivity index (χ1n) is 14.9. The zero-order chi connectivity index (χ0) is 32.5. The maximum atomic E-state index is 14.2. The molecule has 6 rings (SSSR count). The predicted molar refractivity (Wildman–Crippen MR) is 176 cm³/mol. The highest BCUT2D eigenvalue weighted by molar-refractivity contribution is 7.22. The number of rotatable bonds is 9. The van der Waals surface area contributed by atoms with Gasteiger partial charge in [0.1, 0.15) is 18.0 Å². The number of thiazole rings is 1. The first kappa shape index (κ1) is 32.0. The molecule has 4 amide bonds. The molecule has 3 aromatic carbocycles. The number of carbonyl (C=O) groups is 3. The second-order valence-corrected chi connectivity index (χ2v) is 13.2. The number of carbonyl (C=O) groups excluding carboxylic acids is 3. The smallest absolute Gasteiger partial charge is 0.332 e. The molecule has 2 aliphatic heterocycles. The van der Waals surface area contributed by atoms with Crippen molar-refractivity contribution in [1.82, 2.24) is 30.1 Å². The Morgan fingerprint density at radius 2 is 1.87 bits per heavy atom. The molecule has 0 spiro atoms. The molecule has 0 unspecified atom stereocenters. The zero-order valence-corrected chi connectivity index (χ0v) is 27.3. The number of aromatic nitrogens is 1. The van der Waals surface area contributed by atoms with Gasteiger partial charge in [0.05, 0.1) is 33.4 Å². The number of nitrogens with zero attached hydrogens (tertiary/aromatic N) is 5. The van der Waals surface area contributed by atoms with Crippen LogP contribution in [0, 0.1) is 5.82 Å². The van der Waals surface area contributed by atoms with Crippen molar-refractivity contribution in [1.29, 1.82) is 0 Å². The summed E-state index contributed by atoms with van der Waals surface area (Å²) in [4.78, 5) is 49.3. The van der Waals surface area contributed by atoms with E-state index in [2.05, 4.69) is 10.3 Å². The normalized spacial score (nSPS) is 18.3. The number of nitrogens with one attached hydrogen (secondary N) is 1. The van der Waals surface area contributed by atoms with E-state index in [0.29, 0.717) is 33.7 Å². The van der Waals surface area contributed by atoms with Crippen LogP contribution in [0.5, 0.6) is 0 Å². The maximum absolute atomic E-state index is 14.2. The summed E-state index contributed by atoms with van der Waals surface area (Å²) in [6, 6.07) is 15.6. The summed E-state index contributed by atoms with van der Waals surface area (Å²) in [6.45, 7) is 2.82. The Morgan fingerprint density at radius 3 is 2.61 bits per heavy atom. The van der Waals surface area contributed by atoms with Crippen molar-refractivity contribution in [3.05, 3.63) is 93.2 Å². The van der Waals surface area contributed by atoms with Crippen LogP contribution in [0.2, 0.25) is 10.0 Å². The third-order valence-corrected chi connectivity index (χ3v) is 9.79. The van der Waals surface area contributed by atoms with Crippen LogP contribution in [0.4, 0.5) is 14.3 Å². The number of piperazine rings is 1. The third-order valence-electron chi connectivity index (χ3n) is 8.20. The maximum Gasteiger partial charge on any atom is 0.332 e. The number of benzene rings is 3. The minimum absolute atomic E-state index is 0.0793. The summed E-state index contributed by atoms with van der Waals surface area (Å²) >= 11 is 13.6. The molecule has 14 heteroatoms. The van der Waals surface area contributed by atoms with Crippen molar-refractivity contribution >= 4 is 67.7 Å². The van der Waals surface area contributed by atoms with Gasteiger partial charge in [-0.15, -0.1) is 0 Å². The molecule has 3 heterocycles. The molecule has 0 bridgehead atoms. The monoisotopic (exact) mass is 683 g/mol. The number of hydrogen-bond donors (Lipinski definition) is 2. The lowest BCUT2D eigenvalue weighted by atomic mass is 10.00. The fraction of sp³-hybridized carbons (Fsp3) is 0.312. The molecular weight excluding hydrogens is 652 g/mol. The van der Waals surface area contributed by atoms with Crippen molar-refractivity contribution in [3.63, 3.8) is 0 Å². The van der Waals surface area contributed by atoms with E-state index in [1.165, 1.54) is 23.5 Å². The minimum atomic E-state index is -0.857. The van der Waals surface area contributed by atoms with E-state index in [-0.39, 0.29) is 56.3 Å². The zero-order valence-electron chi connectivity index (χ0n) is 25.0. The molecule has 0 radical (unpaired) electrons. The number of urea groups is 1. The first-order valence-corrected chi connectivity index (χ1v) is 16.4. The Morgan fingerprint density at radius 1 is 1.11 bits per heavy atom. The van der Waals surface area contributed by atoms with Gasteiger partial charge in [0.2, 0.25) is 11.8 Å². The van der Waals surface area contributed by atoms with E-state index >= 15 is 0 Å². The molecule has 2 fully saturated rings. The quantitative estimate of drug-likeness (QED) is 0.248. The largest absolute Gasteiger partial charge is 0.375 e. The number of anilines is 1. The van der Waals surface area contributed by atoms with Crippen LogP contribution < -0.4 is 11.1 Å². The van der Waals surface area contributed by atoms with Gasteiger partial charge in [-0.25, -0.2) is 14.2 Å². The van der Waals surface area contributed by atoms with Gasteiger partial charge in [-0.2, -0.15) is 5.01 Å². The molecule has 3 N–H and O–H groups in total. The van der Waals surface area contributed by atoms with Gasteiger partial charge >= 0.3 is 6.03 Å². The number of fused-ring (bicyclic) bond motifs is 2. The molecule has 10 nitrogen and oxygen atoms in total. The van der Waals surface area contributed by atoms with Gasteiger partial charge in [0.25, 0.3) is 0 Å². The second-order valence-electron chi connectivity index (χ2n) is 11.3. The Hall–Kier alpha value is -3.97. The minimum Gasteiger partial charge on any atom is -0.375 e. The van der Waals surface area contributed by atoms with E-state index < -0.39 is 12.2 Å². The van der Waals surface area contributed by atoms with Crippen molar-refractivity contribution in [2.24, 2.45) is 0 Å². The van der Waals surface area contributed by atoms with Gasteiger partial charge in [0, 0.05) is 26.1 Å². The van der Waals surface area contributed by atoms with E-state index in [9.17, 15) is 18.8 Å². The highest BCUT2D eigenvalue weighted by Gasteiger charge is 2.52. The molecule has 1 aromatic heterocycles. The summed E-state index contributed by atoms with van der Waals surface area (Å²) in [6.07, 6.45) is 0.209. The SMILES string of the molecule is CCCN(C(=O)NCc1ccc(Cl)c(Cl)c1)N1CC(=O)N2[C@@H](Cc3ccc(F)cc3)C(=O)N(Cc3cccc4sc(N)nc34)C[C@@H]21. The van der Waals surface area contributed by atoms with E-state index in [4.69, 9.17) is 28.9 Å². The van der Waals surface area contributed by atoms with E-state index in [1.807, 2.05) is 25.1 Å². The molecular formula is C32H32Cl2FN7O3S. The highest BCUT2D eigenvalue weighted by Crippen LogP contribution is 2.32. The fourth-order valence-corrected chi connectivity index (χ4v) is 7.17. The van der Waals surface area contributed by atoms with Crippen LogP contribution in [0.25, 0.3) is 10.2 Å². The summed E-state index contributed by atoms with van der Waals surface area (Å²) < 4.78 is 14.6. The summed E-state index contributed by atoms with van der Waals surface area (Å²) in [7, 11) is 0. The van der Waals surface area contributed by atoms with Crippen LogP contribution >= 0.6 is 34.5 Å². The highest BCUT2D eigenvalue weighted by atomic mass is 35.5. The molecule has 2 saturated heterocycles. The van der Waals surface area contributed by atoms with Crippen LogP contribution in [0.15, 0.2) is 60.7 Å². The molecule has 46 heavy (non-hydrogen) atoms. The second kappa shape index (κ2) is 13.4. The van der Waals surface area contributed by atoms with E-state index in [0.717, 1.165) is 21.3 Å². The lowest BCUT2D eigenvalue weighted by Crippen LogP contribution is -2.66. The number of nitrogens with two attached hydrogens (primary N) is 1. The number of hydrogen-bond acceptors (Lipinski definition) is 7. The number of amides is 4. The number of nitrogen functional groups attached to an aromatic ring is 1. The van der Waals surface area contributed by atoms with Crippen LogP contribution in [-0.2, 0) is 29.1 Å². The van der Waals surface area contributed by atoms with Gasteiger partial charge in [0.15, 0.2) is 5.13 Å². The van der Waals surface area contributed by atoms with Gasteiger partial charge in [-0.3, -0.25) is 14.6 Å². The molecule has 4 aromatic rings. The average molecular weight is 685 g/mol. The summed E-state index contributed by atoms with van der Waals surface area (Å²) in [5, 5.41) is 7.46. The lowest BCUT2D eigenvalue weighted by Gasteiger charge is -2.46. The van der Waals surface area contributed by atoms with Crippen molar-refractivity contribution in [2.45, 2.75) is 45.1 Å². The van der Waals surface area contributed by atoms with Crippen LogP contribution in [0.3, 0.4) is 0 Å². The Labute approximate surface area is 279 Å². The average Bonchev–Trinajstić information content (AvgIpc) is 3.58. The summed E-state index contributed by atoms with van der Waals surface area (Å²) in [5.74, 6) is -0.890. The Kier molecular flexibility index (Phi) is 9.32. The Balaban J connectivity index is 1.30. The molecule has 2 aliphatic rings. The standard InChI is InChI=1S/C32H32Cl2FN7O3S/c1-2-12-40(32(45)37-15-20-8-11-23(33)24(34)13-20)41-18-28(43)42-25(14-19-6-9-22(35)10-7-19)30(44)39(17-27(41)42)16-21-4-3-5-26-29(21)38-31(36)46-26/h3-11,13,25,27H,2,12,14-18H2,1H3,(H2,36,38)(H,37,45)/t25-,27+/m0/s1. The molecule has 0 saturated carbocycles. The lowest BCUT2D eigenvalue weighted by molar-refractivity contribution is -0.157. The number of para-hydroxylation sites is 1. The van der Waals surface area contributed by atoms with Crippen molar-refractivity contribution in [2.75, 3.05) is 25.4 Å². The predicted octanol–water partition coefficient (Wildman–Crippen LogP) is 5.29. The molecule has 240 valence electrons. The fourth-order valence-electron chi connectivity index (χ4n) is 6.07. The number of hydrazine groups is 1. The van der Waals surface area contributed by atoms with Crippen molar-refractivity contribution < 1.29 is 18.8 Å². The van der Waals surface area contributed by atoms with Gasteiger partial charge < -0.3 is 20.9 Å². The van der Waals surface area contributed by atoms with Crippen LogP contribution in [-0.4, -0.2) is 74.5 Å². The molecule has 0 aliphatic carbocycles. The van der Waals surface area contributed by atoms with Crippen LogP contribution in [0.1, 0.15) is 30.0 Å². The summed E-state index contributed by atoms with van der Waals surface area (Å²) in [5.41, 5.74) is 9.04. The number of halogens is 3. The van der Waals surface area contributed by atoms with Gasteiger partial charge in [-0.05, 0) is 53.4 Å². The first-order chi connectivity index (χ1) is 22.1. The topological polar surface area (TPSA) is 115 Å². The Bertz CT molecular complexity index is 1790. The third kappa shape index (κ3) is 6.48. The van der Waals surface area contributed by atoms with Crippen molar-refractivity contribution in [3.8, 4) is 0 Å². The molecule has 2 atom stereocenters. The van der Waals surface area contributed by atoms with Gasteiger partial charge in [-0.1, -0.05) is 71.8 Å². The van der Waals surface area contributed by atoms with E-state index in [1.54, 1.807) is 50.1 Å².